The summed E-state index contributed by atoms with van der Waals surface area (Å²) >= 11 is 0. The molecule has 3 aromatic rings. The molecule has 0 atom stereocenters. The summed E-state index contributed by atoms with van der Waals surface area (Å²) < 4.78 is 26.6. The maximum atomic E-state index is 13.5. The highest BCUT2D eigenvalue weighted by atomic mass is 19.1. The zero-order valence-corrected chi connectivity index (χ0v) is 9.67. The molecule has 1 aromatic heterocycles. The molecule has 0 bridgehead atoms. The number of aromatic amines is 1. The molecule has 0 amide bonds. The lowest BCUT2D eigenvalue weighted by atomic mass is 10.1. The van der Waals surface area contributed by atoms with Crippen LogP contribution < -0.4 is 0 Å². The van der Waals surface area contributed by atoms with Crippen molar-refractivity contribution < 1.29 is 8.78 Å². The first-order valence-electron chi connectivity index (χ1n) is 5.55. The number of benzene rings is 2. The maximum Gasteiger partial charge on any atom is 0.153 e. The Balaban J connectivity index is 2.19. The second-order valence-electron chi connectivity index (χ2n) is 4.24. The van der Waals surface area contributed by atoms with E-state index < -0.39 is 11.6 Å². The van der Waals surface area contributed by atoms with Crippen LogP contribution in [0.3, 0.4) is 0 Å². The van der Waals surface area contributed by atoms with Crippen LogP contribution in [-0.4, -0.2) is 9.97 Å². The van der Waals surface area contributed by atoms with Crippen molar-refractivity contribution in [1.29, 1.82) is 0 Å². The highest BCUT2D eigenvalue weighted by Crippen LogP contribution is 2.23. The third-order valence-corrected chi connectivity index (χ3v) is 2.83. The van der Waals surface area contributed by atoms with Crippen molar-refractivity contribution in [3.05, 3.63) is 53.6 Å². The molecule has 3 rings (SSSR count). The van der Waals surface area contributed by atoms with E-state index in [1.165, 1.54) is 6.07 Å². The molecule has 18 heavy (non-hydrogen) atoms. The molecule has 2 aromatic carbocycles. The van der Waals surface area contributed by atoms with Gasteiger partial charge in [0.1, 0.15) is 17.2 Å². The molecule has 90 valence electrons. The summed E-state index contributed by atoms with van der Waals surface area (Å²) in [5.74, 6) is -0.729. The van der Waals surface area contributed by atoms with Crippen molar-refractivity contribution in [3.63, 3.8) is 0 Å². The quantitative estimate of drug-likeness (QED) is 0.692. The molecular weight excluding hydrogens is 234 g/mol. The van der Waals surface area contributed by atoms with Crippen molar-refractivity contribution in [3.8, 4) is 11.4 Å². The van der Waals surface area contributed by atoms with Gasteiger partial charge in [-0.2, -0.15) is 0 Å². The van der Waals surface area contributed by atoms with E-state index in [0.29, 0.717) is 11.3 Å². The Morgan fingerprint density at radius 1 is 1.06 bits per heavy atom. The number of halogens is 2. The standard InChI is InChI=1S/C14H10F2N2/c1-8-2-4-9(5-3-8)14-17-12-7-10(15)6-11(16)13(12)18-14/h2-7H,1H3,(H,17,18). The molecule has 2 nitrogen and oxygen atoms in total. The third-order valence-electron chi connectivity index (χ3n) is 2.83. The number of aromatic nitrogens is 2. The van der Waals surface area contributed by atoms with Gasteiger partial charge in [0.05, 0.1) is 5.52 Å². The van der Waals surface area contributed by atoms with Gasteiger partial charge in [-0.1, -0.05) is 29.8 Å². The molecule has 0 fully saturated rings. The van der Waals surface area contributed by atoms with E-state index in [0.717, 1.165) is 17.2 Å². The van der Waals surface area contributed by atoms with Gasteiger partial charge >= 0.3 is 0 Å². The summed E-state index contributed by atoms with van der Waals surface area (Å²) in [4.78, 5) is 7.08. The van der Waals surface area contributed by atoms with Gasteiger partial charge in [-0.15, -0.1) is 0 Å². The largest absolute Gasteiger partial charge is 0.338 e. The highest BCUT2D eigenvalue weighted by Gasteiger charge is 2.10. The van der Waals surface area contributed by atoms with Gasteiger partial charge in [-0.3, -0.25) is 0 Å². The van der Waals surface area contributed by atoms with E-state index in [1.807, 2.05) is 31.2 Å². The maximum absolute atomic E-state index is 13.5. The van der Waals surface area contributed by atoms with Crippen LogP contribution in [0.2, 0.25) is 0 Å². The Labute approximate surface area is 102 Å². The molecule has 1 heterocycles. The number of imidazole rings is 1. The fourth-order valence-electron chi connectivity index (χ4n) is 1.89. The Kier molecular flexibility index (Phi) is 2.37. The number of hydrogen-bond acceptors (Lipinski definition) is 1. The first kappa shape index (κ1) is 10.9. The van der Waals surface area contributed by atoms with E-state index in [-0.39, 0.29) is 5.52 Å². The fourth-order valence-corrected chi connectivity index (χ4v) is 1.89. The minimum absolute atomic E-state index is 0.159. The van der Waals surface area contributed by atoms with Gasteiger partial charge in [0.15, 0.2) is 5.82 Å². The molecule has 0 unspecified atom stereocenters. The van der Waals surface area contributed by atoms with Crippen LogP contribution in [0.5, 0.6) is 0 Å². The van der Waals surface area contributed by atoms with Crippen LogP contribution in [0, 0.1) is 18.6 Å². The van der Waals surface area contributed by atoms with Crippen LogP contribution in [0.25, 0.3) is 22.4 Å². The number of fused-ring (bicyclic) bond motifs is 1. The summed E-state index contributed by atoms with van der Waals surface area (Å²) in [6, 6.07) is 9.74. The summed E-state index contributed by atoms with van der Waals surface area (Å²) in [5, 5.41) is 0. The van der Waals surface area contributed by atoms with Crippen LogP contribution in [0.4, 0.5) is 8.78 Å². The van der Waals surface area contributed by atoms with Gasteiger partial charge in [-0.05, 0) is 13.0 Å². The van der Waals surface area contributed by atoms with E-state index in [4.69, 9.17) is 0 Å². The lowest BCUT2D eigenvalue weighted by molar-refractivity contribution is 0.591. The monoisotopic (exact) mass is 244 g/mol. The lowest BCUT2D eigenvalue weighted by Crippen LogP contribution is -1.81. The Hall–Kier alpha value is -2.23. The molecule has 0 aliphatic carbocycles. The zero-order chi connectivity index (χ0) is 12.7. The molecule has 0 saturated heterocycles. The molecule has 0 spiro atoms. The van der Waals surface area contributed by atoms with Gasteiger partial charge in [0, 0.05) is 11.6 Å². The number of rotatable bonds is 1. The van der Waals surface area contributed by atoms with Gasteiger partial charge < -0.3 is 4.98 Å². The number of aryl methyl sites for hydroxylation is 1. The molecule has 0 aliphatic heterocycles. The predicted molar refractivity (Wildman–Crippen MR) is 66.2 cm³/mol. The second-order valence-corrected chi connectivity index (χ2v) is 4.24. The van der Waals surface area contributed by atoms with E-state index >= 15 is 0 Å². The number of nitrogens with one attached hydrogen (secondary N) is 1. The minimum atomic E-state index is -0.653. The summed E-state index contributed by atoms with van der Waals surface area (Å²) in [6.45, 7) is 1.98. The minimum Gasteiger partial charge on any atom is -0.338 e. The van der Waals surface area contributed by atoms with Crippen molar-refractivity contribution >= 4 is 11.0 Å². The van der Waals surface area contributed by atoms with Crippen molar-refractivity contribution in [2.45, 2.75) is 6.92 Å². The van der Waals surface area contributed by atoms with Crippen molar-refractivity contribution in [2.75, 3.05) is 0 Å². The van der Waals surface area contributed by atoms with Crippen LogP contribution >= 0.6 is 0 Å². The smallest absolute Gasteiger partial charge is 0.153 e. The molecule has 1 N–H and O–H groups in total. The summed E-state index contributed by atoms with van der Waals surface area (Å²) in [7, 11) is 0. The number of H-pyrrole nitrogens is 1. The SMILES string of the molecule is Cc1ccc(-c2nc3c(F)cc(F)cc3[nH]2)cc1. The molecule has 0 aliphatic rings. The van der Waals surface area contributed by atoms with E-state index in [1.54, 1.807) is 0 Å². The first-order chi connectivity index (χ1) is 8.63. The topological polar surface area (TPSA) is 28.7 Å². The number of nitrogens with zero attached hydrogens (tertiary/aromatic N) is 1. The van der Waals surface area contributed by atoms with Gasteiger partial charge in [0.2, 0.25) is 0 Å². The second kappa shape index (κ2) is 3.91. The summed E-state index contributed by atoms with van der Waals surface area (Å²) in [6.07, 6.45) is 0. The average molecular weight is 244 g/mol. The first-order valence-corrected chi connectivity index (χ1v) is 5.55. The van der Waals surface area contributed by atoms with Crippen molar-refractivity contribution in [1.82, 2.24) is 9.97 Å². The lowest BCUT2D eigenvalue weighted by Gasteiger charge is -1.96. The molecule has 0 saturated carbocycles. The van der Waals surface area contributed by atoms with Crippen molar-refractivity contribution in [2.24, 2.45) is 0 Å². The third kappa shape index (κ3) is 1.76. The number of hydrogen-bond donors (Lipinski definition) is 1. The van der Waals surface area contributed by atoms with E-state index in [9.17, 15) is 8.78 Å². The normalized spacial score (nSPS) is 11.1. The molecule has 0 radical (unpaired) electrons. The van der Waals surface area contributed by atoms with Gasteiger partial charge in [-0.25, -0.2) is 13.8 Å². The molecular formula is C14H10F2N2. The van der Waals surface area contributed by atoms with Gasteiger partial charge in [0.25, 0.3) is 0 Å². The Morgan fingerprint density at radius 2 is 1.78 bits per heavy atom. The average Bonchev–Trinajstić information content (AvgIpc) is 2.74. The Bertz CT molecular complexity index is 714. The predicted octanol–water partition coefficient (Wildman–Crippen LogP) is 3.82. The van der Waals surface area contributed by atoms with E-state index in [2.05, 4.69) is 9.97 Å². The van der Waals surface area contributed by atoms with Crippen LogP contribution in [0.15, 0.2) is 36.4 Å². The zero-order valence-electron chi connectivity index (χ0n) is 9.67. The Morgan fingerprint density at radius 3 is 2.50 bits per heavy atom. The molecule has 4 heteroatoms. The van der Waals surface area contributed by atoms with Crippen LogP contribution in [0.1, 0.15) is 5.56 Å². The fraction of sp³-hybridized carbons (Fsp3) is 0.0714. The summed E-state index contributed by atoms with van der Waals surface area (Å²) in [5.41, 5.74) is 2.50. The highest BCUT2D eigenvalue weighted by molar-refractivity contribution is 5.80. The van der Waals surface area contributed by atoms with Crippen LogP contribution in [-0.2, 0) is 0 Å².